The SMILES string of the molecule is COCCN1CCCOc2cc(ccc2Cl)N=Cc2c(O)[nH]c3ncnc(c23)NCCNC(=O)C1. The molecule has 2 aromatic heterocycles. The number of ether oxygens (including phenoxy) is 2. The van der Waals surface area contributed by atoms with Crippen LogP contribution in [0.25, 0.3) is 11.0 Å². The van der Waals surface area contributed by atoms with E-state index in [1.54, 1.807) is 31.5 Å². The van der Waals surface area contributed by atoms with Crippen LogP contribution in [-0.2, 0) is 9.53 Å². The predicted octanol–water partition coefficient (Wildman–Crippen LogP) is 2.33. The van der Waals surface area contributed by atoms with Crippen molar-refractivity contribution < 1.29 is 19.4 Å². The standard InChI is InChI=1S/C23H28ClN7O4/c1-34-10-8-31-7-2-9-35-18-11-15(3-4-17(18)24)27-12-16-20-21(26-6-5-25-19(32)13-31)28-14-29-22(20)30-23(16)33/h3-4,11-12,14,33H,2,5-10,13H2,1H3,(H,25,32)(H2,26,28,29,30). The number of rotatable bonds is 3. The maximum Gasteiger partial charge on any atom is 0.234 e. The highest BCUT2D eigenvalue weighted by Gasteiger charge is 2.16. The molecule has 0 aliphatic carbocycles. The molecule has 2 bridgehead atoms. The molecule has 12 heteroatoms. The van der Waals surface area contributed by atoms with Crippen molar-refractivity contribution in [2.45, 2.75) is 6.42 Å². The molecule has 0 unspecified atom stereocenters. The average Bonchev–Trinajstić information content (AvgIpc) is 3.17. The lowest BCUT2D eigenvalue weighted by Gasteiger charge is -2.21. The molecule has 11 nitrogen and oxygen atoms in total. The first-order valence-corrected chi connectivity index (χ1v) is 11.7. The van der Waals surface area contributed by atoms with Crippen molar-refractivity contribution in [3.05, 3.63) is 35.1 Å². The van der Waals surface area contributed by atoms with Gasteiger partial charge in [0.05, 0.1) is 41.4 Å². The van der Waals surface area contributed by atoms with Crippen molar-refractivity contribution in [3.8, 4) is 11.6 Å². The number of nitrogens with one attached hydrogen (secondary N) is 3. The fourth-order valence-electron chi connectivity index (χ4n) is 3.72. The molecule has 3 heterocycles. The lowest BCUT2D eigenvalue weighted by molar-refractivity contribution is -0.122. The first-order valence-electron chi connectivity index (χ1n) is 11.3. The van der Waals surface area contributed by atoms with E-state index in [0.29, 0.717) is 84.7 Å². The van der Waals surface area contributed by atoms with Gasteiger partial charge in [0.15, 0.2) is 5.88 Å². The zero-order valence-corrected chi connectivity index (χ0v) is 20.1. The Kier molecular flexibility index (Phi) is 8.35. The summed E-state index contributed by atoms with van der Waals surface area (Å²) in [6, 6.07) is 5.22. The number of aromatic amines is 1. The highest BCUT2D eigenvalue weighted by molar-refractivity contribution is 6.32. The van der Waals surface area contributed by atoms with Crippen LogP contribution in [0.3, 0.4) is 0 Å². The smallest absolute Gasteiger partial charge is 0.234 e. The van der Waals surface area contributed by atoms with Gasteiger partial charge in [-0.1, -0.05) is 11.6 Å². The molecule has 0 spiro atoms. The number of hydrogen-bond donors (Lipinski definition) is 4. The van der Waals surface area contributed by atoms with Crippen LogP contribution in [0.15, 0.2) is 29.5 Å². The second-order valence-corrected chi connectivity index (χ2v) is 8.36. The molecule has 4 rings (SSSR count). The van der Waals surface area contributed by atoms with E-state index in [0.717, 1.165) is 0 Å². The number of carbonyl (C=O) groups is 1. The van der Waals surface area contributed by atoms with Gasteiger partial charge in [-0.25, -0.2) is 9.97 Å². The van der Waals surface area contributed by atoms with Crippen LogP contribution in [0.1, 0.15) is 12.0 Å². The van der Waals surface area contributed by atoms with Gasteiger partial charge in [-0.2, -0.15) is 0 Å². The molecule has 35 heavy (non-hydrogen) atoms. The molecule has 0 saturated carbocycles. The summed E-state index contributed by atoms with van der Waals surface area (Å²) in [6.45, 7) is 3.33. The Hall–Kier alpha value is -3.41. The molecule has 1 aromatic carbocycles. The molecular formula is C23H28ClN7O4. The van der Waals surface area contributed by atoms with E-state index >= 15 is 0 Å². The number of hydrogen-bond acceptors (Lipinski definition) is 9. The molecule has 0 saturated heterocycles. The number of halogens is 1. The summed E-state index contributed by atoms with van der Waals surface area (Å²) in [5, 5.41) is 17.6. The van der Waals surface area contributed by atoms with Crippen molar-refractivity contribution in [1.29, 1.82) is 0 Å². The quantitative estimate of drug-likeness (QED) is 0.429. The van der Waals surface area contributed by atoms with Crippen molar-refractivity contribution in [3.63, 3.8) is 0 Å². The highest BCUT2D eigenvalue weighted by atomic mass is 35.5. The Bertz CT molecular complexity index is 1200. The third-order valence-electron chi connectivity index (χ3n) is 5.46. The number of anilines is 1. The summed E-state index contributed by atoms with van der Waals surface area (Å²) in [5.74, 6) is 0.863. The molecule has 1 aliphatic heterocycles. The van der Waals surface area contributed by atoms with Gasteiger partial charge in [0.1, 0.15) is 23.5 Å². The summed E-state index contributed by atoms with van der Waals surface area (Å²) in [6.07, 6.45) is 3.64. The molecule has 0 radical (unpaired) electrons. The lowest BCUT2D eigenvalue weighted by Crippen LogP contribution is -2.41. The fraction of sp³-hybridized carbons (Fsp3) is 0.391. The van der Waals surface area contributed by atoms with Gasteiger partial charge in [-0.15, -0.1) is 0 Å². The summed E-state index contributed by atoms with van der Waals surface area (Å²) in [4.78, 5) is 30.4. The van der Waals surface area contributed by atoms with E-state index in [9.17, 15) is 9.90 Å². The monoisotopic (exact) mass is 501 g/mol. The van der Waals surface area contributed by atoms with E-state index in [4.69, 9.17) is 21.1 Å². The Morgan fingerprint density at radius 1 is 1.26 bits per heavy atom. The van der Waals surface area contributed by atoms with Gasteiger partial charge in [0, 0.05) is 45.6 Å². The number of nitrogens with zero attached hydrogens (tertiary/aromatic N) is 4. The molecule has 0 atom stereocenters. The molecule has 0 fully saturated rings. The normalized spacial score (nSPS) is 16.0. The minimum Gasteiger partial charge on any atom is -0.494 e. The minimum absolute atomic E-state index is 0.0759. The number of amides is 1. The lowest BCUT2D eigenvalue weighted by atomic mass is 10.2. The van der Waals surface area contributed by atoms with E-state index in [1.165, 1.54) is 6.33 Å². The van der Waals surface area contributed by atoms with Crippen molar-refractivity contribution in [2.75, 3.05) is 58.4 Å². The number of aromatic nitrogens is 3. The molecule has 4 N–H and O–H groups in total. The van der Waals surface area contributed by atoms with Crippen LogP contribution < -0.4 is 15.4 Å². The molecular weight excluding hydrogens is 474 g/mol. The van der Waals surface area contributed by atoms with Crippen LogP contribution in [0.2, 0.25) is 5.02 Å². The minimum atomic E-state index is -0.0857. The fourth-order valence-corrected chi connectivity index (χ4v) is 3.89. The number of methoxy groups -OCH3 is 1. The maximum atomic E-state index is 12.5. The number of aromatic hydroxyl groups is 1. The zero-order chi connectivity index (χ0) is 24.6. The summed E-state index contributed by atoms with van der Waals surface area (Å²) in [5.41, 5.74) is 1.51. The molecule has 3 aromatic rings. The first kappa shape index (κ1) is 24.7. The maximum absolute atomic E-state index is 12.5. The number of H-pyrrole nitrogens is 1. The summed E-state index contributed by atoms with van der Waals surface area (Å²) in [7, 11) is 1.64. The van der Waals surface area contributed by atoms with Crippen molar-refractivity contribution in [2.24, 2.45) is 4.99 Å². The topological polar surface area (TPSA) is 137 Å². The zero-order valence-electron chi connectivity index (χ0n) is 19.4. The van der Waals surface area contributed by atoms with Gasteiger partial charge >= 0.3 is 0 Å². The van der Waals surface area contributed by atoms with E-state index in [-0.39, 0.29) is 18.3 Å². The van der Waals surface area contributed by atoms with Crippen LogP contribution in [0, 0.1) is 0 Å². The highest BCUT2D eigenvalue weighted by Crippen LogP contribution is 2.32. The summed E-state index contributed by atoms with van der Waals surface area (Å²) < 4.78 is 11.1. The van der Waals surface area contributed by atoms with Crippen molar-refractivity contribution >= 4 is 46.3 Å². The van der Waals surface area contributed by atoms with Gasteiger partial charge in [-0.3, -0.25) is 14.7 Å². The van der Waals surface area contributed by atoms with Crippen LogP contribution in [0.5, 0.6) is 11.6 Å². The Labute approximate surface area is 207 Å². The number of fused-ring (bicyclic) bond motifs is 2. The third-order valence-corrected chi connectivity index (χ3v) is 5.77. The third kappa shape index (κ3) is 6.38. The first-order chi connectivity index (χ1) is 17.0. The van der Waals surface area contributed by atoms with Gasteiger partial charge < -0.3 is 30.2 Å². The molecule has 1 amide bonds. The second kappa shape index (κ2) is 11.8. The summed E-state index contributed by atoms with van der Waals surface area (Å²) >= 11 is 6.32. The van der Waals surface area contributed by atoms with Gasteiger partial charge in [0.2, 0.25) is 5.91 Å². The number of benzene rings is 1. The predicted molar refractivity (Wildman–Crippen MR) is 134 cm³/mol. The van der Waals surface area contributed by atoms with E-state index in [1.807, 2.05) is 4.90 Å². The van der Waals surface area contributed by atoms with Gasteiger partial charge in [-0.05, 0) is 18.6 Å². The largest absolute Gasteiger partial charge is 0.494 e. The van der Waals surface area contributed by atoms with Crippen LogP contribution in [-0.4, -0.2) is 90.1 Å². The van der Waals surface area contributed by atoms with E-state index in [2.05, 4.69) is 30.6 Å². The van der Waals surface area contributed by atoms with Crippen molar-refractivity contribution in [1.82, 2.24) is 25.2 Å². The van der Waals surface area contributed by atoms with Gasteiger partial charge in [0.25, 0.3) is 0 Å². The Morgan fingerprint density at radius 2 is 2.11 bits per heavy atom. The number of carbonyl (C=O) groups excluding carboxylic acids is 1. The Balaban J connectivity index is 1.63. The average molecular weight is 502 g/mol. The number of aliphatic imine (C=N–C) groups is 1. The second-order valence-electron chi connectivity index (χ2n) is 7.95. The van der Waals surface area contributed by atoms with Crippen LogP contribution in [0.4, 0.5) is 11.5 Å². The Morgan fingerprint density at radius 3 is 2.97 bits per heavy atom. The van der Waals surface area contributed by atoms with Crippen LogP contribution >= 0.6 is 11.6 Å². The molecule has 186 valence electrons. The van der Waals surface area contributed by atoms with E-state index < -0.39 is 0 Å². The molecule has 1 aliphatic rings.